The van der Waals surface area contributed by atoms with E-state index in [1.807, 2.05) is 6.92 Å². The topological polar surface area (TPSA) is 71.1 Å². The van der Waals surface area contributed by atoms with E-state index in [-0.39, 0.29) is 5.75 Å². The van der Waals surface area contributed by atoms with Crippen LogP contribution in [0.2, 0.25) is 0 Å². The molecule has 0 atom stereocenters. The molecule has 0 radical (unpaired) electrons. The van der Waals surface area contributed by atoms with Crippen molar-refractivity contribution >= 4 is 27.2 Å². The zero-order valence-electron chi connectivity index (χ0n) is 14.6. The van der Waals surface area contributed by atoms with Gasteiger partial charge in [-0.15, -0.1) is 0 Å². The maximum atomic E-state index is 11.8. The number of aryl methyl sites for hydroxylation is 1. The second-order valence-electron chi connectivity index (χ2n) is 6.17. The van der Waals surface area contributed by atoms with E-state index in [2.05, 4.69) is 54.0 Å². The number of hydrogen-bond acceptors (Lipinski definition) is 4. The summed E-state index contributed by atoms with van der Waals surface area (Å²) in [6.45, 7) is 8.19. The van der Waals surface area contributed by atoms with E-state index in [0.29, 0.717) is 23.8 Å². The summed E-state index contributed by atoms with van der Waals surface area (Å²) in [6, 6.07) is 9.71. The Kier molecular flexibility index (Phi) is 5.83. The molecule has 2 aromatic rings. The van der Waals surface area contributed by atoms with E-state index in [1.165, 1.54) is 11.8 Å². The number of para-hydroxylation sites is 1. The van der Waals surface area contributed by atoms with Crippen molar-refractivity contribution in [2.24, 2.45) is 0 Å². The van der Waals surface area contributed by atoms with Crippen molar-refractivity contribution < 1.29 is 8.42 Å². The zero-order valence-corrected chi connectivity index (χ0v) is 15.4. The number of hydrogen-bond donors (Lipinski definition) is 2. The Bertz CT molecular complexity index is 784. The van der Waals surface area contributed by atoms with E-state index < -0.39 is 10.0 Å². The van der Waals surface area contributed by atoms with Crippen LogP contribution < -0.4 is 10.0 Å². The summed E-state index contributed by atoms with van der Waals surface area (Å²) in [4.78, 5) is 4.32. The lowest BCUT2D eigenvalue weighted by Crippen LogP contribution is -2.16. The largest absolute Gasteiger partial charge is 0.340 e. The fraction of sp³-hybridized carbons (Fsp3) is 0.389. The van der Waals surface area contributed by atoms with Crippen LogP contribution >= 0.6 is 0 Å². The molecule has 0 spiro atoms. The highest BCUT2D eigenvalue weighted by Gasteiger charge is 2.11. The minimum atomic E-state index is -3.29. The van der Waals surface area contributed by atoms with Gasteiger partial charge in [-0.1, -0.05) is 39.0 Å². The van der Waals surface area contributed by atoms with Gasteiger partial charge in [-0.3, -0.25) is 4.72 Å². The summed E-state index contributed by atoms with van der Waals surface area (Å²) in [5.74, 6) is 1.19. The van der Waals surface area contributed by atoms with Crippen LogP contribution in [-0.4, -0.2) is 19.2 Å². The monoisotopic (exact) mass is 347 g/mol. The maximum absolute atomic E-state index is 11.8. The van der Waals surface area contributed by atoms with Crippen LogP contribution in [0.4, 0.5) is 17.2 Å². The van der Waals surface area contributed by atoms with Gasteiger partial charge < -0.3 is 5.32 Å². The standard InChI is InChI=1S/C18H25N3O2S/c1-5-11-24(22,23)21-15-9-10-17(19-12-15)20-18-14(4)7-6-8-16(18)13(2)3/h6-10,12-13,21H,5,11H2,1-4H3,(H,19,20). The molecule has 5 nitrogen and oxygen atoms in total. The molecule has 0 fully saturated rings. The maximum Gasteiger partial charge on any atom is 0.232 e. The number of benzene rings is 1. The molecule has 2 N–H and O–H groups in total. The van der Waals surface area contributed by atoms with E-state index in [4.69, 9.17) is 0 Å². The van der Waals surface area contributed by atoms with Crippen LogP contribution in [0.5, 0.6) is 0 Å². The van der Waals surface area contributed by atoms with Crippen molar-refractivity contribution in [3.63, 3.8) is 0 Å². The van der Waals surface area contributed by atoms with Gasteiger partial charge in [0.15, 0.2) is 0 Å². The molecule has 1 heterocycles. The van der Waals surface area contributed by atoms with E-state index >= 15 is 0 Å². The minimum Gasteiger partial charge on any atom is -0.340 e. The number of nitrogens with one attached hydrogen (secondary N) is 2. The SMILES string of the molecule is CCCS(=O)(=O)Nc1ccc(Nc2c(C)cccc2C(C)C)nc1. The van der Waals surface area contributed by atoms with Crippen molar-refractivity contribution in [2.75, 3.05) is 15.8 Å². The van der Waals surface area contributed by atoms with Crippen LogP contribution in [0.1, 0.15) is 44.2 Å². The van der Waals surface area contributed by atoms with Crippen molar-refractivity contribution in [1.82, 2.24) is 4.98 Å². The smallest absolute Gasteiger partial charge is 0.232 e. The molecule has 0 unspecified atom stereocenters. The quantitative estimate of drug-likeness (QED) is 0.778. The molecule has 0 aliphatic rings. The third kappa shape index (κ3) is 4.71. The first-order valence-corrected chi connectivity index (χ1v) is 9.80. The molecule has 0 saturated carbocycles. The molecule has 0 bridgehead atoms. The Morgan fingerprint density at radius 2 is 1.92 bits per heavy atom. The molecule has 1 aromatic carbocycles. The first kappa shape index (κ1) is 18.3. The van der Waals surface area contributed by atoms with Gasteiger partial charge in [-0.2, -0.15) is 0 Å². The Morgan fingerprint density at radius 3 is 2.50 bits per heavy atom. The van der Waals surface area contributed by atoms with E-state index in [0.717, 1.165) is 11.3 Å². The lowest BCUT2D eigenvalue weighted by Gasteiger charge is -2.17. The number of pyridine rings is 1. The first-order chi connectivity index (χ1) is 11.3. The normalized spacial score (nSPS) is 11.5. The number of aromatic nitrogens is 1. The first-order valence-electron chi connectivity index (χ1n) is 8.15. The predicted octanol–water partition coefficient (Wildman–Crippen LogP) is 4.41. The summed E-state index contributed by atoms with van der Waals surface area (Å²) in [6.07, 6.45) is 2.11. The van der Waals surface area contributed by atoms with Gasteiger partial charge >= 0.3 is 0 Å². The Labute approximate surface area is 144 Å². The Balaban J connectivity index is 2.19. The molecule has 2 rings (SSSR count). The highest BCUT2D eigenvalue weighted by Crippen LogP contribution is 2.29. The molecule has 0 aliphatic heterocycles. The van der Waals surface area contributed by atoms with Gasteiger partial charge in [0.25, 0.3) is 0 Å². The molecule has 6 heteroatoms. The average Bonchev–Trinajstić information content (AvgIpc) is 2.50. The van der Waals surface area contributed by atoms with Crippen LogP contribution in [-0.2, 0) is 10.0 Å². The number of nitrogens with zero attached hydrogens (tertiary/aromatic N) is 1. The van der Waals surface area contributed by atoms with Crippen molar-refractivity contribution in [2.45, 2.75) is 40.0 Å². The summed E-state index contributed by atoms with van der Waals surface area (Å²) < 4.78 is 26.1. The Morgan fingerprint density at radius 1 is 1.17 bits per heavy atom. The van der Waals surface area contributed by atoms with Gasteiger partial charge in [0.1, 0.15) is 5.82 Å². The molecule has 130 valence electrons. The van der Waals surface area contributed by atoms with E-state index in [1.54, 1.807) is 12.1 Å². The number of anilines is 3. The second-order valence-corrected chi connectivity index (χ2v) is 8.01. The molecular weight excluding hydrogens is 322 g/mol. The van der Waals surface area contributed by atoms with Crippen molar-refractivity contribution in [3.8, 4) is 0 Å². The highest BCUT2D eigenvalue weighted by atomic mass is 32.2. The van der Waals surface area contributed by atoms with Crippen molar-refractivity contribution in [1.29, 1.82) is 0 Å². The van der Waals surface area contributed by atoms with Crippen LogP contribution in [0.25, 0.3) is 0 Å². The third-order valence-corrected chi connectivity index (χ3v) is 5.18. The lowest BCUT2D eigenvalue weighted by atomic mass is 9.98. The van der Waals surface area contributed by atoms with Gasteiger partial charge in [-0.05, 0) is 42.5 Å². The van der Waals surface area contributed by atoms with Gasteiger partial charge in [-0.25, -0.2) is 13.4 Å². The summed E-state index contributed by atoms with van der Waals surface area (Å²) in [5.41, 5.74) is 3.91. The fourth-order valence-electron chi connectivity index (χ4n) is 2.50. The molecule has 0 amide bonds. The van der Waals surface area contributed by atoms with Crippen LogP contribution in [0.15, 0.2) is 36.5 Å². The molecule has 0 saturated heterocycles. The van der Waals surface area contributed by atoms with Crippen molar-refractivity contribution in [3.05, 3.63) is 47.7 Å². The minimum absolute atomic E-state index is 0.105. The second kappa shape index (κ2) is 7.66. The fourth-order valence-corrected chi connectivity index (χ4v) is 3.62. The molecule has 24 heavy (non-hydrogen) atoms. The predicted molar refractivity (Wildman–Crippen MR) is 100 cm³/mol. The lowest BCUT2D eigenvalue weighted by molar-refractivity contribution is 0.600. The Hall–Kier alpha value is -2.08. The van der Waals surface area contributed by atoms with Crippen LogP contribution in [0.3, 0.4) is 0 Å². The molecular formula is C18H25N3O2S. The van der Waals surface area contributed by atoms with E-state index in [9.17, 15) is 8.42 Å². The molecule has 0 aliphatic carbocycles. The van der Waals surface area contributed by atoms with Gasteiger partial charge in [0.2, 0.25) is 10.0 Å². The number of rotatable bonds is 7. The summed E-state index contributed by atoms with van der Waals surface area (Å²) in [7, 11) is -3.29. The van der Waals surface area contributed by atoms with Crippen LogP contribution in [0, 0.1) is 6.92 Å². The highest BCUT2D eigenvalue weighted by molar-refractivity contribution is 7.92. The zero-order chi connectivity index (χ0) is 17.7. The third-order valence-electron chi connectivity index (χ3n) is 3.69. The summed E-state index contributed by atoms with van der Waals surface area (Å²) >= 11 is 0. The molecule has 1 aromatic heterocycles. The number of sulfonamides is 1. The average molecular weight is 347 g/mol. The van der Waals surface area contributed by atoms with Gasteiger partial charge in [0, 0.05) is 5.69 Å². The summed E-state index contributed by atoms with van der Waals surface area (Å²) in [5, 5.41) is 3.35. The van der Waals surface area contributed by atoms with Gasteiger partial charge in [0.05, 0.1) is 17.6 Å².